The highest BCUT2D eigenvalue weighted by atomic mass is 19.1. The first kappa shape index (κ1) is 16.9. The number of nitrogens with one attached hydrogen (secondary N) is 2. The second-order valence-corrected chi connectivity index (χ2v) is 6.14. The first-order chi connectivity index (χ1) is 13.0. The van der Waals surface area contributed by atoms with Crippen molar-refractivity contribution >= 4 is 17.5 Å². The van der Waals surface area contributed by atoms with Gasteiger partial charge in [-0.2, -0.15) is 0 Å². The number of hydrogen-bond donors (Lipinski definition) is 2. The minimum Gasteiger partial charge on any atom is -0.348 e. The van der Waals surface area contributed by atoms with Crippen LogP contribution in [0, 0.1) is 11.6 Å². The Morgan fingerprint density at radius 1 is 1.00 bits per heavy atom. The van der Waals surface area contributed by atoms with Gasteiger partial charge in [0.25, 0.3) is 11.8 Å². The summed E-state index contributed by atoms with van der Waals surface area (Å²) in [6.07, 6.45) is 0. The van der Waals surface area contributed by atoms with Crippen molar-refractivity contribution in [3.63, 3.8) is 0 Å². The highest BCUT2D eigenvalue weighted by Gasteiger charge is 2.27. The van der Waals surface area contributed by atoms with Crippen LogP contribution < -0.4 is 10.6 Å². The molecule has 0 saturated heterocycles. The molecule has 3 aromatic rings. The SMILES string of the molecule is O=C(Nc1ccc(-c2ccccc2)c2c1C(=O)NC2)c1ccc(F)cc1F. The van der Waals surface area contributed by atoms with Crippen LogP contribution in [0.25, 0.3) is 11.1 Å². The fourth-order valence-corrected chi connectivity index (χ4v) is 3.20. The fraction of sp³-hybridized carbons (Fsp3) is 0.0476. The molecule has 1 aliphatic heterocycles. The van der Waals surface area contributed by atoms with Gasteiger partial charge in [0.2, 0.25) is 0 Å². The van der Waals surface area contributed by atoms with Gasteiger partial charge in [0.05, 0.1) is 16.8 Å². The number of carbonyl (C=O) groups is 2. The molecule has 0 atom stereocenters. The lowest BCUT2D eigenvalue weighted by atomic mass is 9.95. The quantitative estimate of drug-likeness (QED) is 0.734. The molecule has 134 valence electrons. The van der Waals surface area contributed by atoms with E-state index in [2.05, 4.69) is 10.6 Å². The summed E-state index contributed by atoms with van der Waals surface area (Å²) in [5.74, 6) is -2.79. The molecule has 0 spiro atoms. The molecule has 0 bridgehead atoms. The number of anilines is 1. The maximum absolute atomic E-state index is 13.9. The van der Waals surface area contributed by atoms with Crippen molar-refractivity contribution in [3.05, 3.63) is 89.0 Å². The van der Waals surface area contributed by atoms with Gasteiger partial charge in [0.1, 0.15) is 11.6 Å². The normalized spacial score (nSPS) is 12.4. The largest absolute Gasteiger partial charge is 0.348 e. The van der Waals surface area contributed by atoms with E-state index in [0.29, 0.717) is 18.2 Å². The Labute approximate surface area is 153 Å². The summed E-state index contributed by atoms with van der Waals surface area (Å²) in [6, 6.07) is 15.7. The van der Waals surface area contributed by atoms with Crippen LogP contribution in [-0.4, -0.2) is 11.8 Å². The van der Waals surface area contributed by atoms with Crippen LogP contribution in [0.15, 0.2) is 60.7 Å². The summed E-state index contributed by atoms with van der Waals surface area (Å²) in [4.78, 5) is 24.7. The molecule has 0 radical (unpaired) electrons. The van der Waals surface area contributed by atoms with E-state index in [-0.39, 0.29) is 17.2 Å². The Balaban J connectivity index is 1.73. The zero-order valence-electron chi connectivity index (χ0n) is 14.1. The van der Waals surface area contributed by atoms with Gasteiger partial charge in [-0.15, -0.1) is 0 Å². The van der Waals surface area contributed by atoms with E-state index >= 15 is 0 Å². The predicted molar refractivity (Wildman–Crippen MR) is 97.4 cm³/mol. The van der Waals surface area contributed by atoms with Crippen molar-refractivity contribution in [1.82, 2.24) is 5.32 Å². The van der Waals surface area contributed by atoms with Crippen LogP contribution in [0.5, 0.6) is 0 Å². The van der Waals surface area contributed by atoms with Gasteiger partial charge in [-0.05, 0) is 34.9 Å². The average molecular weight is 364 g/mol. The maximum Gasteiger partial charge on any atom is 0.258 e. The maximum atomic E-state index is 13.9. The van der Waals surface area contributed by atoms with Crippen LogP contribution in [0.3, 0.4) is 0 Å². The zero-order valence-corrected chi connectivity index (χ0v) is 14.1. The second-order valence-electron chi connectivity index (χ2n) is 6.14. The molecule has 1 heterocycles. The molecule has 0 unspecified atom stereocenters. The summed E-state index contributed by atoms with van der Waals surface area (Å²) in [6.45, 7) is 0.340. The molecule has 4 nitrogen and oxygen atoms in total. The van der Waals surface area contributed by atoms with Gasteiger partial charge in [-0.25, -0.2) is 8.78 Å². The number of benzene rings is 3. The molecule has 0 aliphatic carbocycles. The van der Waals surface area contributed by atoms with E-state index in [4.69, 9.17) is 0 Å². The predicted octanol–water partition coefficient (Wildman–Crippen LogP) is 4.13. The van der Waals surface area contributed by atoms with Gasteiger partial charge < -0.3 is 10.6 Å². The number of amides is 2. The second kappa shape index (κ2) is 6.64. The molecule has 0 aromatic heterocycles. The van der Waals surface area contributed by atoms with Crippen molar-refractivity contribution in [2.75, 3.05) is 5.32 Å². The van der Waals surface area contributed by atoms with Crippen molar-refractivity contribution in [2.24, 2.45) is 0 Å². The molecule has 6 heteroatoms. The highest BCUT2D eigenvalue weighted by molar-refractivity contribution is 6.11. The lowest BCUT2D eigenvalue weighted by Crippen LogP contribution is -2.18. The molecule has 2 N–H and O–H groups in total. The van der Waals surface area contributed by atoms with E-state index < -0.39 is 17.5 Å². The smallest absolute Gasteiger partial charge is 0.258 e. The van der Waals surface area contributed by atoms with E-state index in [9.17, 15) is 18.4 Å². The minimum atomic E-state index is -0.963. The van der Waals surface area contributed by atoms with Crippen LogP contribution in [0.4, 0.5) is 14.5 Å². The van der Waals surface area contributed by atoms with E-state index in [0.717, 1.165) is 28.8 Å². The summed E-state index contributed by atoms with van der Waals surface area (Å²) < 4.78 is 26.9. The fourth-order valence-electron chi connectivity index (χ4n) is 3.20. The van der Waals surface area contributed by atoms with Crippen LogP contribution in [-0.2, 0) is 6.54 Å². The first-order valence-corrected chi connectivity index (χ1v) is 8.30. The van der Waals surface area contributed by atoms with Crippen LogP contribution in [0.2, 0.25) is 0 Å². The number of hydrogen-bond acceptors (Lipinski definition) is 2. The standard InChI is InChI=1S/C21H14F2N2O2/c22-13-6-7-15(17(23)10-13)20(26)25-18-9-8-14(12-4-2-1-3-5-12)16-11-24-21(27)19(16)18/h1-10H,11H2,(H,24,27)(H,25,26). The summed E-state index contributed by atoms with van der Waals surface area (Å²) >= 11 is 0. The Bertz CT molecular complexity index is 1070. The molecule has 0 saturated carbocycles. The van der Waals surface area contributed by atoms with Crippen LogP contribution in [0.1, 0.15) is 26.3 Å². The Kier molecular flexibility index (Phi) is 4.16. The van der Waals surface area contributed by atoms with Gasteiger partial charge in [-0.3, -0.25) is 9.59 Å². The number of halogens is 2. The van der Waals surface area contributed by atoms with E-state index in [1.54, 1.807) is 6.07 Å². The van der Waals surface area contributed by atoms with Crippen molar-refractivity contribution in [1.29, 1.82) is 0 Å². The van der Waals surface area contributed by atoms with Gasteiger partial charge in [-0.1, -0.05) is 36.4 Å². The monoisotopic (exact) mass is 364 g/mol. The molecule has 27 heavy (non-hydrogen) atoms. The van der Waals surface area contributed by atoms with E-state index in [1.807, 2.05) is 36.4 Å². The molecule has 1 aliphatic rings. The molecule has 2 amide bonds. The molecular weight excluding hydrogens is 350 g/mol. The molecule has 3 aromatic carbocycles. The summed E-state index contributed by atoms with van der Waals surface area (Å²) in [7, 11) is 0. The number of rotatable bonds is 3. The van der Waals surface area contributed by atoms with Crippen LogP contribution >= 0.6 is 0 Å². The Hall–Kier alpha value is -3.54. The molecule has 4 rings (SSSR count). The van der Waals surface area contributed by atoms with Gasteiger partial charge in [0.15, 0.2) is 0 Å². The van der Waals surface area contributed by atoms with Gasteiger partial charge >= 0.3 is 0 Å². The molecular formula is C21H14F2N2O2. The summed E-state index contributed by atoms with van der Waals surface area (Å²) in [5, 5.41) is 5.32. The third-order valence-electron chi connectivity index (χ3n) is 4.47. The topological polar surface area (TPSA) is 58.2 Å². The first-order valence-electron chi connectivity index (χ1n) is 8.30. The van der Waals surface area contributed by atoms with E-state index in [1.165, 1.54) is 0 Å². The molecule has 0 fully saturated rings. The Morgan fingerprint density at radius 2 is 1.78 bits per heavy atom. The van der Waals surface area contributed by atoms with Crippen molar-refractivity contribution < 1.29 is 18.4 Å². The minimum absolute atomic E-state index is 0.286. The lowest BCUT2D eigenvalue weighted by molar-refractivity contribution is 0.0966. The number of carbonyl (C=O) groups excluding carboxylic acids is 2. The summed E-state index contributed by atoms with van der Waals surface area (Å²) in [5.41, 5.74) is 2.95. The van der Waals surface area contributed by atoms with Crippen molar-refractivity contribution in [3.8, 4) is 11.1 Å². The number of fused-ring (bicyclic) bond motifs is 1. The van der Waals surface area contributed by atoms with Crippen molar-refractivity contribution in [2.45, 2.75) is 6.54 Å². The van der Waals surface area contributed by atoms with Gasteiger partial charge in [0, 0.05) is 12.6 Å². The zero-order chi connectivity index (χ0) is 19.0. The third-order valence-corrected chi connectivity index (χ3v) is 4.47. The average Bonchev–Trinajstić information content (AvgIpc) is 3.05. The third kappa shape index (κ3) is 3.06. The Morgan fingerprint density at radius 3 is 2.52 bits per heavy atom. The highest BCUT2D eigenvalue weighted by Crippen LogP contribution is 2.34. The lowest BCUT2D eigenvalue weighted by Gasteiger charge is -2.13.